The molecule has 2 unspecified atom stereocenters. The largest absolute Gasteiger partial charge is 0.464 e. The number of hydrogen-bond acceptors (Lipinski definition) is 7. The number of aromatic nitrogens is 3. The Labute approximate surface area is 210 Å². The van der Waals surface area contributed by atoms with E-state index in [1.165, 1.54) is 20.6 Å². The summed E-state index contributed by atoms with van der Waals surface area (Å²) in [6.45, 7) is 2.29. The van der Waals surface area contributed by atoms with Crippen LogP contribution in [0.2, 0.25) is 0 Å². The van der Waals surface area contributed by atoms with E-state index in [1.807, 2.05) is 46.0 Å². The SMILES string of the molecule is COC(=O)c1cc(N2CCC3C(CCN3C(=O)OC)C2)c2c(C3CCC3)nn(-c3ccccc3)c2n1. The van der Waals surface area contributed by atoms with Crippen molar-refractivity contribution in [1.29, 1.82) is 0 Å². The molecule has 0 bridgehead atoms. The lowest BCUT2D eigenvalue weighted by Gasteiger charge is -2.39. The first-order valence-corrected chi connectivity index (χ1v) is 12.8. The highest BCUT2D eigenvalue weighted by atomic mass is 16.5. The van der Waals surface area contributed by atoms with Gasteiger partial charge in [0.15, 0.2) is 11.3 Å². The van der Waals surface area contributed by atoms with Gasteiger partial charge < -0.3 is 19.3 Å². The van der Waals surface area contributed by atoms with Gasteiger partial charge in [-0.15, -0.1) is 0 Å². The Morgan fingerprint density at radius 3 is 2.50 bits per heavy atom. The number of rotatable bonds is 4. The van der Waals surface area contributed by atoms with Gasteiger partial charge in [0.1, 0.15) is 0 Å². The second-order valence-electron chi connectivity index (χ2n) is 9.99. The quantitative estimate of drug-likeness (QED) is 0.509. The third kappa shape index (κ3) is 3.68. The molecule has 36 heavy (non-hydrogen) atoms. The van der Waals surface area contributed by atoms with E-state index >= 15 is 0 Å². The highest BCUT2D eigenvalue weighted by molar-refractivity contribution is 5.99. The average molecular weight is 490 g/mol. The highest BCUT2D eigenvalue weighted by Crippen LogP contribution is 2.44. The molecule has 0 spiro atoms. The Hall–Kier alpha value is -3.62. The van der Waals surface area contributed by atoms with Crippen molar-refractivity contribution in [2.24, 2.45) is 5.92 Å². The van der Waals surface area contributed by atoms with Crippen LogP contribution in [0.4, 0.5) is 10.5 Å². The second kappa shape index (κ2) is 9.11. The van der Waals surface area contributed by atoms with Gasteiger partial charge in [0.2, 0.25) is 0 Å². The summed E-state index contributed by atoms with van der Waals surface area (Å²) in [7, 11) is 2.83. The zero-order chi connectivity index (χ0) is 24.8. The van der Waals surface area contributed by atoms with Crippen molar-refractivity contribution in [2.45, 2.75) is 44.1 Å². The number of pyridine rings is 1. The van der Waals surface area contributed by atoms with E-state index in [1.54, 1.807) is 0 Å². The van der Waals surface area contributed by atoms with Gasteiger partial charge in [0.25, 0.3) is 0 Å². The topological polar surface area (TPSA) is 89.8 Å². The first-order valence-electron chi connectivity index (χ1n) is 12.8. The lowest BCUT2D eigenvalue weighted by molar-refractivity contribution is 0.0594. The van der Waals surface area contributed by atoms with Gasteiger partial charge in [-0.1, -0.05) is 24.6 Å². The fraction of sp³-hybridized carbons (Fsp3) is 0.481. The molecular weight excluding hydrogens is 458 g/mol. The molecule has 9 nitrogen and oxygen atoms in total. The second-order valence-corrected chi connectivity index (χ2v) is 9.99. The average Bonchev–Trinajstić information content (AvgIpc) is 3.48. The molecule has 1 aliphatic carbocycles. The third-order valence-corrected chi connectivity index (χ3v) is 8.12. The number of ether oxygens (including phenoxy) is 2. The summed E-state index contributed by atoms with van der Waals surface area (Å²) >= 11 is 0. The Morgan fingerprint density at radius 1 is 1.00 bits per heavy atom. The first kappa shape index (κ1) is 22.8. The van der Waals surface area contributed by atoms with Crippen LogP contribution in [0, 0.1) is 5.92 Å². The van der Waals surface area contributed by atoms with Crippen LogP contribution in [0.3, 0.4) is 0 Å². The predicted molar refractivity (Wildman–Crippen MR) is 135 cm³/mol. The number of carbonyl (C=O) groups is 2. The van der Waals surface area contributed by atoms with Crippen LogP contribution in [0.25, 0.3) is 16.7 Å². The molecule has 3 aromatic rings. The minimum atomic E-state index is -0.461. The fourth-order valence-electron chi connectivity index (χ4n) is 6.05. The maximum Gasteiger partial charge on any atom is 0.409 e. The van der Waals surface area contributed by atoms with Crippen molar-refractivity contribution in [3.8, 4) is 5.69 Å². The maximum atomic E-state index is 12.7. The first-order chi connectivity index (χ1) is 17.6. The summed E-state index contributed by atoms with van der Waals surface area (Å²) in [6, 6.07) is 12.0. The summed E-state index contributed by atoms with van der Waals surface area (Å²) in [5.74, 6) is 0.275. The van der Waals surface area contributed by atoms with E-state index in [2.05, 4.69) is 4.90 Å². The smallest absolute Gasteiger partial charge is 0.409 e. The van der Waals surface area contributed by atoms with Gasteiger partial charge in [-0.05, 0) is 49.8 Å². The van der Waals surface area contributed by atoms with Gasteiger partial charge in [-0.25, -0.2) is 19.3 Å². The highest BCUT2D eigenvalue weighted by Gasteiger charge is 2.42. The van der Waals surface area contributed by atoms with E-state index < -0.39 is 5.97 Å². The zero-order valence-corrected chi connectivity index (χ0v) is 20.7. The molecule has 2 atom stereocenters. The Morgan fingerprint density at radius 2 is 1.81 bits per heavy atom. The molecule has 1 saturated carbocycles. The molecule has 0 radical (unpaired) electrons. The maximum absolute atomic E-state index is 12.7. The Balaban J connectivity index is 1.47. The minimum Gasteiger partial charge on any atom is -0.464 e. The van der Waals surface area contributed by atoms with Gasteiger partial charge in [0.05, 0.1) is 36.7 Å². The molecule has 4 heterocycles. The van der Waals surface area contributed by atoms with Gasteiger partial charge in [-0.3, -0.25) is 0 Å². The summed E-state index contributed by atoms with van der Waals surface area (Å²) in [4.78, 5) is 34.0. The number of fused-ring (bicyclic) bond motifs is 2. The standard InChI is InChI=1S/C27H31N5O4/c1-35-26(33)20-15-22(30-13-12-21-18(16-30)11-14-31(21)27(34)36-2)23-24(17-7-6-8-17)29-32(25(23)28-20)19-9-4-3-5-10-19/h3-5,9-10,15,17-18,21H,6-8,11-14,16H2,1-2H3. The normalized spacial score (nSPS) is 21.8. The van der Waals surface area contributed by atoms with Crippen LogP contribution in [0.1, 0.15) is 54.2 Å². The van der Waals surface area contributed by atoms with Crippen LogP contribution in [-0.4, -0.2) is 71.6 Å². The Bertz CT molecular complexity index is 1300. The number of methoxy groups -OCH3 is 2. The van der Waals surface area contributed by atoms with Crippen molar-refractivity contribution in [3.63, 3.8) is 0 Å². The van der Waals surface area contributed by atoms with Gasteiger partial charge >= 0.3 is 12.1 Å². The van der Waals surface area contributed by atoms with Crippen molar-refractivity contribution >= 4 is 28.8 Å². The van der Waals surface area contributed by atoms with Crippen molar-refractivity contribution in [3.05, 3.63) is 47.8 Å². The van der Waals surface area contributed by atoms with E-state index in [0.717, 1.165) is 61.2 Å². The number of carbonyl (C=O) groups excluding carboxylic acids is 2. The molecule has 9 heteroatoms. The lowest BCUT2D eigenvalue weighted by Crippen LogP contribution is -2.47. The number of piperidine rings is 1. The van der Waals surface area contributed by atoms with Crippen LogP contribution in [0.5, 0.6) is 0 Å². The molecule has 1 aromatic carbocycles. The molecule has 1 amide bonds. The summed E-state index contributed by atoms with van der Waals surface area (Å²) in [5.41, 5.74) is 3.92. The minimum absolute atomic E-state index is 0.184. The van der Waals surface area contributed by atoms with Crippen LogP contribution < -0.4 is 4.90 Å². The monoisotopic (exact) mass is 489 g/mol. The molecule has 2 saturated heterocycles. The summed E-state index contributed by atoms with van der Waals surface area (Å²) in [6.07, 6.45) is 4.96. The predicted octanol–water partition coefficient (Wildman–Crippen LogP) is 4.14. The van der Waals surface area contributed by atoms with E-state index in [0.29, 0.717) is 24.0 Å². The van der Waals surface area contributed by atoms with Crippen molar-refractivity contribution in [1.82, 2.24) is 19.7 Å². The molecule has 6 rings (SSSR count). The number of nitrogens with zero attached hydrogens (tertiary/aromatic N) is 5. The lowest BCUT2D eigenvalue weighted by atomic mass is 9.81. The zero-order valence-electron chi connectivity index (χ0n) is 20.7. The van der Waals surface area contributed by atoms with Crippen LogP contribution >= 0.6 is 0 Å². The van der Waals surface area contributed by atoms with E-state index in [9.17, 15) is 9.59 Å². The fourth-order valence-corrected chi connectivity index (χ4v) is 6.05. The molecule has 188 valence electrons. The summed E-state index contributed by atoms with van der Waals surface area (Å²) < 4.78 is 12.0. The molecule has 3 aliphatic rings. The third-order valence-electron chi connectivity index (χ3n) is 8.12. The molecule has 0 N–H and O–H groups in total. The summed E-state index contributed by atoms with van der Waals surface area (Å²) in [5, 5.41) is 6.11. The van der Waals surface area contributed by atoms with E-state index in [4.69, 9.17) is 19.6 Å². The number of likely N-dealkylation sites (tertiary alicyclic amines) is 1. The number of esters is 1. The Kier molecular flexibility index (Phi) is 5.78. The van der Waals surface area contributed by atoms with Crippen molar-refractivity contribution < 1.29 is 19.1 Å². The number of anilines is 1. The number of benzene rings is 1. The number of amides is 1. The molecular formula is C27H31N5O4. The van der Waals surface area contributed by atoms with E-state index in [-0.39, 0.29) is 17.8 Å². The molecule has 2 aliphatic heterocycles. The van der Waals surface area contributed by atoms with Crippen LogP contribution in [0.15, 0.2) is 36.4 Å². The number of para-hydroxylation sites is 1. The van der Waals surface area contributed by atoms with Gasteiger partial charge in [0, 0.05) is 31.6 Å². The molecule has 3 fully saturated rings. The van der Waals surface area contributed by atoms with Crippen molar-refractivity contribution in [2.75, 3.05) is 38.8 Å². The number of hydrogen-bond donors (Lipinski definition) is 0. The molecule has 2 aromatic heterocycles. The van der Waals surface area contributed by atoms with Gasteiger partial charge in [-0.2, -0.15) is 5.10 Å². The van der Waals surface area contributed by atoms with Crippen LogP contribution in [-0.2, 0) is 9.47 Å².